The molecular formula is C15H22N2O5S. The van der Waals surface area contributed by atoms with Gasteiger partial charge in [0.25, 0.3) is 0 Å². The van der Waals surface area contributed by atoms with E-state index in [2.05, 4.69) is 10.0 Å². The summed E-state index contributed by atoms with van der Waals surface area (Å²) in [5.74, 6) is -1.53. The van der Waals surface area contributed by atoms with Crippen LogP contribution in [0, 0.1) is 6.92 Å². The van der Waals surface area contributed by atoms with Crippen molar-refractivity contribution in [3.05, 3.63) is 23.8 Å². The van der Waals surface area contributed by atoms with Gasteiger partial charge in [-0.3, -0.25) is 9.59 Å². The fourth-order valence-electron chi connectivity index (χ4n) is 1.99. The second-order valence-corrected chi connectivity index (χ2v) is 7.03. The predicted molar refractivity (Wildman–Crippen MR) is 86.8 cm³/mol. The van der Waals surface area contributed by atoms with Crippen molar-refractivity contribution in [2.45, 2.75) is 51.0 Å². The van der Waals surface area contributed by atoms with Crippen LogP contribution in [-0.2, 0) is 19.6 Å². The van der Waals surface area contributed by atoms with Crippen LogP contribution in [0.5, 0.6) is 0 Å². The molecule has 0 aliphatic heterocycles. The van der Waals surface area contributed by atoms with Gasteiger partial charge in [-0.2, -0.15) is 4.72 Å². The number of aliphatic carboxylic acids is 1. The number of carbonyl (C=O) groups is 2. The van der Waals surface area contributed by atoms with Crippen molar-refractivity contribution in [2.75, 3.05) is 5.32 Å². The number of anilines is 1. The number of rotatable bonds is 8. The number of sulfonamides is 1. The number of aryl methyl sites for hydroxylation is 1. The highest BCUT2D eigenvalue weighted by Crippen LogP contribution is 2.20. The fraction of sp³-hybridized carbons (Fsp3) is 0.467. The van der Waals surface area contributed by atoms with Gasteiger partial charge in [0, 0.05) is 12.6 Å². The minimum Gasteiger partial charge on any atom is -0.480 e. The topological polar surface area (TPSA) is 113 Å². The number of hydrogen-bond donors (Lipinski definition) is 3. The molecule has 1 aromatic carbocycles. The zero-order valence-corrected chi connectivity index (χ0v) is 14.2. The third kappa shape index (κ3) is 5.65. The van der Waals surface area contributed by atoms with Gasteiger partial charge in [-0.1, -0.05) is 25.8 Å². The van der Waals surface area contributed by atoms with Crippen molar-refractivity contribution >= 4 is 27.6 Å². The Kier molecular flexibility index (Phi) is 6.71. The second kappa shape index (κ2) is 8.07. The number of amides is 1. The lowest BCUT2D eigenvalue weighted by atomic mass is 10.1. The number of hydrogen-bond acceptors (Lipinski definition) is 4. The normalized spacial score (nSPS) is 12.7. The zero-order chi connectivity index (χ0) is 17.6. The van der Waals surface area contributed by atoms with Gasteiger partial charge in [-0.05, 0) is 31.0 Å². The van der Waals surface area contributed by atoms with Crippen molar-refractivity contribution in [1.82, 2.24) is 4.72 Å². The molecule has 0 fully saturated rings. The molecule has 0 unspecified atom stereocenters. The first kappa shape index (κ1) is 19.1. The van der Waals surface area contributed by atoms with E-state index in [-0.39, 0.29) is 17.2 Å². The molecule has 1 atom stereocenters. The Morgan fingerprint density at radius 3 is 2.48 bits per heavy atom. The number of unbranched alkanes of at least 4 members (excludes halogenated alkanes) is 1. The lowest BCUT2D eigenvalue weighted by molar-refractivity contribution is -0.139. The number of carbonyl (C=O) groups excluding carboxylic acids is 1. The first-order valence-corrected chi connectivity index (χ1v) is 8.79. The van der Waals surface area contributed by atoms with E-state index in [1.54, 1.807) is 13.0 Å². The summed E-state index contributed by atoms with van der Waals surface area (Å²) in [6.45, 7) is 4.95. The molecule has 0 aliphatic rings. The summed E-state index contributed by atoms with van der Waals surface area (Å²) in [6, 6.07) is 3.08. The summed E-state index contributed by atoms with van der Waals surface area (Å²) in [5, 5.41) is 11.7. The zero-order valence-electron chi connectivity index (χ0n) is 13.4. The lowest BCUT2D eigenvalue weighted by Crippen LogP contribution is -2.40. The molecular weight excluding hydrogens is 320 g/mol. The molecule has 0 aliphatic carbocycles. The van der Waals surface area contributed by atoms with Gasteiger partial charge in [0.2, 0.25) is 15.9 Å². The van der Waals surface area contributed by atoms with Gasteiger partial charge in [-0.25, -0.2) is 8.42 Å². The molecule has 23 heavy (non-hydrogen) atoms. The highest BCUT2D eigenvalue weighted by Gasteiger charge is 2.25. The van der Waals surface area contributed by atoms with Crippen LogP contribution in [0.2, 0.25) is 0 Å². The first-order valence-electron chi connectivity index (χ1n) is 7.30. The van der Waals surface area contributed by atoms with Crippen LogP contribution in [0.15, 0.2) is 23.1 Å². The van der Waals surface area contributed by atoms with E-state index >= 15 is 0 Å². The summed E-state index contributed by atoms with van der Waals surface area (Å²) in [7, 11) is -3.99. The maximum absolute atomic E-state index is 12.4. The second-order valence-electron chi connectivity index (χ2n) is 5.31. The molecule has 0 spiro atoms. The third-order valence-electron chi connectivity index (χ3n) is 3.27. The molecule has 1 rings (SSSR count). The maximum atomic E-state index is 12.4. The van der Waals surface area contributed by atoms with E-state index in [9.17, 15) is 18.0 Å². The Morgan fingerprint density at radius 2 is 1.96 bits per heavy atom. The average Bonchev–Trinajstić information content (AvgIpc) is 2.44. The third-order valence-corrected chi connectivity index (χ3v) is 4.74. The minimum atomic E-state index is -3.99. The highest BCUT2D eigenvalue weighted by atomic mass is 32.2. The molecule has 0 radical (unpaired) electrons. The molecule has 1 aromatic rings. The summed E-state index contributed by atoms with van der Waals surface area (Å²) >= 11 is 0. The molecule has 7 nitrogen and oxygen atoms in total. The molecule has 0 saturated heterocycles. The molecule has 128 valence electrons. The van der Waals surface area contributed by atoms with Gasteiger partial charge >= 0.3 is 5.97 Å². The van der Waals surface area contributed by atoms with Crippen LogP contribution in [0.1, 0.15) is 38.7 Å². The first-order chi connectivity index (χ1) is 10.7. The average molecular weight is 342 g/mol. The highest BCUT2D eigenvalue weighted by molar-refractivity contribution is 7.89. The molecule has 8 heteroatoms. The molecule has 1 amide bonds. The monoisotopic (exact) mass is 342 g/mol. The van der Waals surface area contributed by atoms with Gasteiger partial charge in [0.1, 0.15) is 6.04 Å². The fourth-order valence-corrected chi connectivity index (χ4v) is 3.24. The van der Waals surface area contributed by atoms with Gasteiger partial charge < -0.3 is 10.4 Å². The Balaban J connectivity index is 3.07. The number of carboxylic acids is 1. The Labute approximate surface area is 136 Å². The Hall–Kier alpha value is -1.93. The van der Waals surface area contributed by atoms with Crippen molar-refractivity contribution in [3.63, 3.8) is 0 Å². The molecule has 0 bridgehead atoms. The van der Waals surface area contributed by atoms with Crippen molar-refractivity contribution in [2.24, 2.45) is 0 Å². The molecule has 0 aromatic heterocycles. The van der Waals surface area contributed by atoms with E-state index < -0.39 is 22.0 Å². The lowest BCUT2D eigenvalue weighted by Gasteiger charge is -2.15. The molecule has 3 N–H and O–H groups in total. The van der Waals surface area contributed by atoms with Crippen molar-refractivity contribution in [3.8, 4) is 0 Å². The van der Waals surface area contributed by atoms with Gasteiger partial charge in [0.05, 0.1) is 4.90 Å². The molecule has 0 saturated carbocycles. The predicted octanol–water partition coefficient (Wildman–Crippen LogP) is 1.88. The van der Waals surface area contributed by atoms with E-state index in [1.807, 2.05) is 6.92 Å². The standard InChI is InChI=1S/C15H22N2O5S/c1-4-5-6-13(15(19)20)17-23(21,22)12-8-7-10(2)14(9-12)16-11(3)18/h7-9,13,17H,4-6H2,1-3H3,(H,16,18)(H,19,20)/t13-/m0/s1. The van der Waals surface area contributed by atoms with Crippen LogP contribution in [-0.4, -0.2) is 31.4 Å². The van der Waals surface area contributed by atoms with Crippen LogP contribution in [0.4, 0.5) is 5.69 Å². The minimum absolute atomic E-state index is 0.0883. The van der Waals surface area contributed by atoms with E-state index in [1.165, 1.54) is 19.1 Å². The maximum Gasteiger partial charge on any atom is 0.321 e. The quantitative estimate of drug-likeness (QED) is 0.667. The summed E-state index contributed by atoms with van der Waals surface area (Å²) < 4.78 is 26.9. The number of nitrogens with one attached hydrogen (secondary N) is 2. The Morgan fingerprint density at radius 1 is 1.30 bits per heavy atom. The van der Waals surface area contributed by atoms with Gasteiger partial charge in [0.15, 0.2) is 0 Å². The van der Waals surface area contributed by atoms with Crippen LogP contribution in [0.25, 0.3) is 0 Å². The van der Waals surface area contributed by atoms with Crippen LogP contribution < -0.4 is 10.0 Å². The van der Waals surface area contributed by atoms with Gasteiger partial charge in [-0.15, -0.1) is 0 Å². The Bertz CT molecular complexity index is 685. The van der Waals surface area contributed by atoms with E-state index in [4.69, 9.17) is 5.11 Å². The SMILES string of the molecule is CCCC[C@H](NS(=O)(=O)c1ccc(C)c(NC(C)=O)c1)C(=O)O. The summed E-state index contributed by atoms with van der Waals surface area (Å²) in [6.07, 6.45) is 1.59. The summed E-state index contributed by atoms with van der Waals surface area (Å²) in [5.41, 5.74) is 1.08. The number of carboxylic acid groups (broad SMARTS) is 1. The smallest absolute Gasteiger partial charge is 0.321 e. The number of benzene rings is 1. The van der Waals surface area contributed by atoms with Crippen LogP contribution >= 0.6 is 0 Å². The van der Waals surface area contributed by atoms with E-state index in [0.717, 1.165) is 6.42 Å². The van der Waals surface area contributed by atoms with Crippen molar-refractivity contribution < 1.29 is 23.1 Å². The van der Waals surface area contributed by atoms with Crippen LogP contribution in [0.3, 0.4) is 0 Å². The largest absolute Gasteiger partial charge is 0.480 e. The van der Waals surface area contributed by atoms with E-state index in [0.29, 0.717) is 17.7 Å². The van der Waals surface area contributed by atoms with Crippen molar-refractivity contribution in [1.29, 1.82) is 0 Å². The molecule has 0 heterocycles. The summed E-state index contributed by atoms with van der Waals surface area (Å²) in [4.78, 5) is 22.3.